The smallest absolute Gasteiger partial charge is 0.417 e. The molecule has 7 heteroatoms. The fourth-order valence-corrected chi connectivity index (χ4v) is 1.68. The number of carbonyl (C=O) groups is 2. The van der Waals surface area contributed by atoms with Gasteiger partial charge in [0.25, 0.3) is 0 Å². The topological polar surface area (TPSA) is 55.4 Å². The van der Waals surface area contributed by atoms with E-state index in [2.05, 4.69) is 5.32 Å². The zero-order valence-corrected chi connectivity index (χ0v) is 13.0. The van der Waals surface area contributed by atoms with Crippen molar-refractivity contribution < 1.29 is 27.5 Å². The zero-order valence-electron chi connectivity index (χ0n) is 13.0. The second kappa shape index (κ2) is 7.30. The number of aldehydes is 1. The number of hydrogen-bond donors (Lipinski definition) is 1. The zero-order chi connectivity index (χ0) is 17.7. The molecule has 0 unspecified atom stereocenters. The molecule has 23 heavy (non-hydrogen) atoms. The van der Waals surface area contributed by atoms with Gasteiger partial charge in [0.05, 0.1) is 5.56 Å². The van der Waals surface area contributed by atoms with Crippen LogP contribution in [0.15, 0.2) is 24.3 Å². The number of rotatable bonds is 4. The van der Waals surface area contributed by atoms with Crippen molar-refractivity contribution in [2.45, 2.75) is 32.5 Å². The van der Waals surface area contributed by atoms with Crippen molar-refractivity contribution in [2.24, 2.45) is 0 Å². The van der Waals surface area contributed by atoms with E-state index >= 15 is 0 Å². The van der Waals surface area contributed by atoms with Crippen molar-refractivity contribution >= 4 is 18.5 Å². The van der Waals surface area contributed by atoms with Gasteiger partial charge in [-0.15, -0.1) is 0 Å². The van der Waals surface area contributed by atoms with Crippen LogP contribution in [-0.4, -0.2) is 24.5 Å². The van der Waals surface area contributed by atoms with Gasteiger partial charge >= 0.3 is 12.3 Å². The van der Waals surface area contributed by atoms with Crippen LogP contribution in [0.25, 0.3) is 6.08 Å². The lowest BCUT2D eigenvalue weighted by molar-refractivity contribution is -0.137. The molecule has 1 rings (SSSR count). The Morgan fingerprint density at radius 1 is 1.26 bits per heavy atom. The summed E-state index contributed by atoms with van der Waals surface area (Å²) in [5.41, 5.74) is -1.76. The molecule has 0 aliphatic heterocycles. The summed E-state index contributed by atoms with van der Waals surface area (Å²) in [7, 11) is 0. The summed E-state index contributed by atoms with van der Waals surface area (Å²) >= 11 is 0. The Kier molecular flexibility index (Phi) is 5.95. The Bertz CT molecular complexity index is 602. The van der Waals surface area contributed by atoms with Crippen molar-refractivity contribution in [3.63, 3.8) is 0 Å². The van der Waals surface area contributed by atoms with Gasteiger partial charge in [0.15, 0.2) is 6.29 Å². The summed E-state index contributed by atoms with van der Waals surface area (Å²) in [6.07, 6.45) is -2.15. The Labute approximate surface area is 132 Å². The molecule has 1 N–H and O–H groups in total. The Morgan fingerprint density at radius 3 is 2.43 bits per heavy atom. The minimum absolute atomic E-state index is 0.103. The number of benzene rings is 1. The van der Waals surface area contributed by atoms with Gasteiger partial charge in [-0.2, -0.15) is 13.2 Å². The third kappa shape index (κ3) is 6.54. The Hall–Kier alpha value is -2.31. The molecule has 0 aliphatic rings. The maximum Gasteiger partial charge on any atom is 0.417 e. The second-order valence-corrected chi connectivity index (χ2v) is 5.75. The summed E-state index contributed by atoms with van der Waals surface area (Å²) in [5, 5.41) is 2.45. The van der Waals surface area contributed by atoms with E-state index in [0.717, 1.165) is 12.1 Å². The van der Waals surface area contributed by atoms with E-state index in [1.54, 1.807) is 20.8 Å². The SMILES string of the molecule is CC(C)(C)OC(=O)NCC=Cc1ccc(C=O)c(C(F)(F)F)c1. The highest BCUT2D eigenvalue weighted by molar-refractivity contribution is 5.78. The summed E-state index contributed by atoms with van der Waals surface area (Å²) < 4.78 is 43.4. The third-order valence-corrected chi connectivity index (χ3v) is 2.58. The standard InChI is InChI=1S/C16H18F3NO3/c1-15(2,3)23-14(22)20-8-4-5-11-6-7-12(10-21)13(9-11)16(17,18)19/h4-7,9-10H,8H2,1-3H3,(H,20,22). The predicted molar refractivity (Wildman–Crippen MR) is 80.1 cm³/mol. The van der Waals surface area contributed by atoms with Gasteiger partial charge in [-0.3, -0.25) is 4.79 Å². The maximum atomic E-state index is 12.8. The summed E-state index contributed by atoms with van der Waals surface area (Å²) in [6, 6.07) is 3.38. The van der Waals surface area contributed by atoms with Crippen LogP contribution in [0.4, 0.5) is 18.0 Å². The van der Waals surface area contributed by atoms with Crippen molar-refractivity contribution in [3.8, 4) is 0 Å². The van der Waals surface area contributed by atoms with Gasteiger partial charge in [-0.05, 0) is 32.4 Å². The number of amides is 1. The highest BCUT2D eigenvalue weighted by Crippen LogP contribution is 2.32. The fraction of sp³-hybridized carbons (Fsp3) is 0.375. The van der Waals surface area contributed by atoms with Crippen LogP contribution in [0.2, 0.25) is 0 Å². The molecule has 0 bridgehead atoms. The quantitative estimate of drug-likeness (QED) is 0.848. The molecule has 4 nitrogen and oxygen atoms in total. The number of hydrogen-bond acceptors (Lipinski definition) is 3. The molecule has 1 aromatic carbocycles. The second-order valence-electron chi connectivity index (χ2n) is 5.75. The van der Waals surface area contributed by atoms with Gasteiger partial charge < -0.3 is 10.1 Å². The molecule has 0 aromatic heterocycles. The van der Waals surface area contributed by atoms with E-state index in [0.29, 0.717) is 0 Å². The summed E-state index contributed by atoms with van der Waals surface area (Å²) in [5.74, 6) is 0. The van der Waals surface area contributed by atoms with Crippen LogP contribution in [0.1, 0.15) is 42.3 Å². The molecule has 1 amide bonds. The molecule has 0 fully saturated rings. The van der Waals surface area contributed by atoms with Crippen LogP contribution >= 0.6 is 0 Å². The predicted octanol–water partition coefficient (Wildman–Crippen LogP) is 4.06. The van der Waals surface area contributed by atoms with E-state index in [1.807, 2.05) is 0 Å². The van der Waals surface area contributed by atoms with Gasteiger partial charge in [0, 0.05) is 12.1 Å². The number of nitrogens with one attached hydrogen (secondary N) is 1. The highest BCUT2D eigenvalue weighted by Gasteiger charge is 2.33. The number of alkyl carbamates (subject to hydrolysis) is 1. The van der Waals surface area contributed by atoms with Crippen molar-refractivity contribution in [2.75, 3.05) is 6.54 Å². The molecule has 0 radical (unpaired) electrons. The van der Waals surface area contributed by atoms with Gasteiger partial charge in [0.1, 0.15) is 5.60 Å². The first-order chi connectivity index (χ1) is 10.5. The van der Waals surface area contributed by atoms with Crippen LogP contribution in [0.3, 0.4) is 0 Å². The average Bonchev–Trinajstić information content (AvgIpc) is 2.40. The minimum atomic E-state index is -4.60. The van der Waals surface area contributed by atoms with E-state index < -0.39 is 29.0 Å². The first kappa shape index (κ1) is 18.7. The van der Waals surface area contributed by atoms with Crippen molar-refractivity contribution in [1.29, 1.82) is 0 Å². The monoisotopic (exact) mass is 329 g/mol. The number of carbonyl (C=O) groups excluding carboxylic acids is 2. The lowest BCUT2D eigenvalue weighted by atomic mass is 10.0. The molecule has 0 aliphatic carbocycles. The highest BCUT2D eigenvalue weighted by atomic mass is 19.4. The van der Waals surface area contributed by atoms with Gasteiger partial charge in [0.2, 0.25) is 0 Å². The Morgan fingerprint density at radius 2 is 1.91 bits per heavy atom. The lowest BCUT2D eigenvalue weighted by Gasteiger charge is -2.19. The maximum absolute atomic E-state index is 12.8. The summed E-state index contributed by atoms with van der Waals surface area (Å²) in [6.45, 7) is 5.26. The van der Waals surface area contributed by atoms with E-state index in [1.165, 1.54) is 18.2 Å². The molecule has 0 saturated heterocycles. The first-order valence-corrected chi connectivity index (χ1v) is 6.83. The molecule has 1 aromatic rings. The van der Waals surface area contributed by atoms with Gasteiger partial charge in [-0.1, -0.05) is 24.3 Å². The molecule has 0 saturated carbocycles. The number of halogens is 3. The number of ether oxygens (including phenoxy) is 1. The van der Waals surface area contributed by atoms with E-state index in [-0.39, 0.29) is 18.4 Å². The normalized spacial score (nSPS) is 12.3. The van der Waals surface area contributed by atoms with E-state index in [4.69, 9.17) is 4.74 Å². The molecule has 126 valence electrons. The van der Waals surface area contributed by atoms with Crippen LogP contribution < -0.4 is 5.32 Å². The largest absolute Gasteiger partial charge is 0.444 e. The van der Waals surface area contributed by atoms with Crippen LogP contribution in [0.5, 0.6) is 0 Å². The molecule has 0 atom stereocenters. The molecule has 0 spiro atoms. The average molecular weight is 329 g/mol. The lowest BCUT2D eigenvalue weighted by Crippen LogP contribution is -2.32. The van der Waals surface area contributed by atoms with Crippen molar-refractivity contribution in [1.82, 2.24) is 5.32 Å². The number of alkyl halides is 3. The van der Waals surface area contributed by atoms with Crippen molar-refractivity contribution in [3.05, 3.63) is 41.0 Å². The molecular formula is C16H18F3NO3. The Balaban J connectivity index is 2.71. The fourth-order valence-electron chi connectivity index (χ4n) is 1.68. The summed E-state index contributed by atoms with van der Waals surface area (Å²) in [4.78, 5) is 22.0. The molecular weight excluding hydrogens is 311 g/mol. The molecule has 0 heterocycles. The first-order valence-electron chi connectivity index (χ1n) is 6.83. The van der Waals surface area contributed by atoms with E-state index in [9.17, 15) is 22.8 Å². The minimum Gasteiger partial charge on any atom is -0.444 e. The van der Waals surface area contributed by atoms with Crippen LogP contribution in [0, 0.1) is 0 Å². The van der Waals surface area contributed by atoms with Crippen LogP contribution in [-0.2, 0) is 10.9 Å². The van der Waals surface area contributed by atoms with Gasteiger partial charge in [-0.25, -0.2) is 4.79 Å². The third-order valence-electron chi connectivity index (χ3n) is 2.58.